The van der Waals surface area contributed by atoms with Crippen molar-refractivity contribution in [2.75, 3.05) is 5.32 Å². The van der Waals surface area contributed by atoms with E-state index in [-0.39, 0.29) is 5.91 Å². The van der Waals surface area contributed by atoms with E-state index in [9.17, 15) is 4.79 Å². The van der Waals surface area contributed by atoms with Crippen LogP contribution in [-0.4, -0.2) is 16.0 Å². The minimum absolute atomic E-state index is 0.320. The molecule has 0 aromatic carbocycles. The second kappa shape index (κ2) is 4.20. The molecule has 2 heterocycles. The van der Waals surface area contributed by atoms with Gasteiger partial charge in [-0.2, -0.15) is 0 Å². The Balaban J connectivity index is 2.08. The van der Waals surface area contributed by atoms with E-state index in [4.69, 9.17) is 5.73 Å². The lowest BCUT2D eigenvalue weighted by molar-refractivity contribution is 0.102. The summed E-state index contributed by atoms with van der Waals surface area (Å²) in [5, 5.41) is 8.46. The second-order valence-corrected chi connectivity index (χ2v) is 3.61. The van der Waals surface area contributed by atoms with E-state index >= 15 is 0 Å². The third-order valence-corrected chi connectivity index (χ3v) is 2.51. The molecule has 78 valence electrons. The summed E-state index contributed by atoms with van der Waals surface area (Å²) < 4.78 is 4.58. The van der Waals surface area contributed by atoms with Crippen LogP contribution >= 0.6 is 11.3 Å². The molecule has 2 rings (SSSR count). The van der Waals surface area contributed by atoms with E-state index in [0.717, 1.165) is 5.01 Å². The Morgan fingerprint density at radius 2 is 2.53 bits per heavy atom. The Bertz CT molecular complexity index is 451. The topological polar surface area (TPSA) is 94.0 Å². The van der Waals surface area contributed by atoms with Crippen LogP contribution in [0.4, 0.5) is 5.82 Å². The molecule has 3 N–H and O–H groups in total. The SMILES string of the molecule is NCc1nc(C(=O)Nc2ccon2)cs1. The normalized spacial score (nSPS) is 10.2. The van der Waals surface area contributed by atoms with Gasteiger partial charge in [0, 0.05) is 18.0 Å². The Hall–Kier alpha value is -1.73. The number of amides is 1. The van der Waals surface area contributed by atoms with Crippen molar-refractivity contribution in [2.45, 2.75) is 6.54 Å². The highest BCUT2D eigenvalue weighted by Gasteiger charge is 2.11. The van der Waals surface area contributed by atoms with Crippen LogP contribution in [0.25, 0.3) is 0 Å². The molecule has 0 fully saturated rings. The molecule has 0 aliphatic rings. The lowest BCUT2D eigenvalue weighted by Crippen LogP contribution is -2.12. The second-order valence-electron chi connectivity index (χ2n) is 2.67. The fourth-order valence-corrected chi connectivity index (χ4v) is 1.62. The molecule has 0 saturated carbocycles. The van der Waals surface area contributed by atoms with Crippen molar-refractivity contribution in [1.29, 1.82) is 0 Å². The quantitative estimate of drug-likeness (QED) is 0.805. The smallest absolute Gasteiger partial charge is 0.276 e. The van der Waals surface area contributed by atoms with Crippen molar-refractivity contribution in [3.8, 4) is 0 Å². The van der Waals surface area contributed by atoms with Gasteiger partial charge in [0.25, 0.3) is 5.91 Å². The summed E-state index contributed by atoms with van der Waals surface area (Å²) in [6.45, 7) is 0.335. The highest BCUT2D eigenvalue weighted by Crippen LogP contribution is 2.10. The molecule has 1 amide bonds. The van der Waals surface area contributed by atoms with Gasteiger partial charge in [0.05, 0.1) is 0 Å². The minimum atomic E-state index is -0.320. The Morgan fingerprint density at radius 1 is 1.67 bits per heavy atom. The number of thiazole rings is 1. The molecule has 0 aliphatic carbocycles. The van der Waals surface area contributed by atoms with Crippen molar-refractivity contribution < 1.29 is 9.32 Å². The zero-order chi connectivity index (χ0) is 10.7. The molecule has 0 atom stereocenters. The largest absolute Gasteiger partial charge is 0.363 e. The Labute approximate surface area is 89.1 Å². The number of carbonyl (C=O) groups is 1. The minimum Gasteiger partial charge on any atom is -0.363 e. The van der Waals surface area contributed by atoms with Crippen molar-refractivity contribution in [3.63, 3.8) is 0 Å². The molecular weight excluding hydrogens is 216 g/mol. The molecular formula is C8H8N4O2S. The number of nitrogens with two attached hydrogens (primary N) is 1. The van der Waals surface area contributed by atoms with Crippen LogP contribution in [0.1, 0.15) is 15.5 Å². The van der Waals surface area contributed by atoms with Gasteiger partial charge in [-0.25, -0.2) is 4.98 Å². The van der Waals surface area contributed by atoms with Crippen molar-refractivity contribution in [2.24, 2.45) is 5.73 Å². The van der Waals surface area contributed by atoms with Crippen LogP contribution in [0.2, 0.25) is 0 Å². The fourth-order valence-electron chi connectivity index (χ4n) is 0.966. The van der Waals surface area contributed by atoms with E-state index in [1.165, 1.54) is 17.6 Å². The van der Waals surface area contributed by atoms with Gasteiger partial charge in [-0.1, -0.05) is 5.16 Å². The number of hydrogen-bond donors (Lipinski definition) is 2. The summed E-state index contributed by atoms with van der Waals surface area (Å²) in [6.07, 6.45) is 1.38. The average Bonchev–Trinajstić information content (AvgIpc) is 2.86. The summed E-state index contributed by atoms with van der Waals surface area (Å²) in [5.41, 5.74) is 5.72. The predicted molar refractivity (Wildman–Crippen MR) is 54.5 cm³/mol. The number of nitrogens with zero attached hydrogens (tertiary/aromatic N) is 2. The van der Waals surface area contributed by atoms with E-state index < -0.39 is 0 Å². The van der Waals surface area contributed by atoms with Crippen LogP contribution in [-0.2, 0) is 6.54 Å². The zero-order valence-electron chi connectivity index (χ0n) is 7.64. The standard InChI is InChI=1S/C8H8N4O2S/c9-3-7-10-5(4-15-7)8(13)11-6-1-2-14-12-6/h1-2,4H,3,9H2,(H,11,12,13). The molecule has 15 heavy (non-hydrogen) atoms. The van der Waals surface area contributed by atoms with Crippen LogP contribution < -0.4 is 11.1 Å². The summed E-state index contributed by atoms with van der Waals surface area (Å²) in [6, 6.07) is 1.55. The van der Waals surface area contributed by atoms with Crippen LogP contribution in [0.15, 0.2) is 22.2 Å². The Morgan fingerprint density at radius 3 is 3.13 bits per heavy atom. The number of anilines is 1. The lowest BCUT2D eigenvalue weighted by atomic mass is 10.4. The molecule has 0 bridgehead atoms. The molecule has 0 radical (unpaired) electrons. The van der Waals surface area contributed by atoms with Crippen molar-refractivity contribution in [3.05, 3.63) is 28.4 Å². The molecule has 0 unspecified atom stereocenters. The molecule has 6 nitrogen and oxygen atoms in total. The van der Waals surface area contributed by atoms with Gasteiger partial charge in [0.15, 0.2) is 5.82 Å². The average molecular weight is 224 g/mol. The van der Waals surface area contributed by atoms with Crippen LogP contribution in [0, 0.1) is 0 Å². The van der Waals surface area contributed by atoms with Crippen LogP contribution in [0.3, 0.4) is 0 Å². The summed E-state index contributed by atoms with van der Waals surface area (Å²) >= 11 is 1.35. The summed E-state index contributed by atoms with van der Waals surface area (Å²) in [4.78, 5) is 15.6. The first kappa shape index (κ1) is 9.81. The number of nitrogens with one attached hydrogen (secondary N) is 1. The first-order chi connectivity index (χ1) is 7.29. The summed E-state index contributed by atoms with van der Waals surface area (Å²) in [7, 11) is 0. The third kappa shape index (κ3) is 2.20. The van der Waals surface area contributed by atoms with Gasteiger partial charge in [0.1, 0.15) is 17.0 Å². The maximum atomic E-state index is 11.6. The lowest BCUT2D eigenvalue weighted by Gasteiger charge is -1.95. The number of hydrogen-bond acceptors (Lipinski definition) is 6. The van der Waals surface area contributed by atoms with Crippen molar-refractivity contribution in [1.82, 2.24) is 10.1 Å². The van der Waals surface area contributed by atoms with Gasteiger partial charge in [0.2, 0.25) is 0 Å². The Kier molecular flexibility index (Phi) is 2.75. The first-order valence-corrected chi connectivity index (χ1v) is 5.04. The number of aromatic nitrogens is 2. The molecule has 0 saturated heterocycles. The van der Waals surface area contributed by atoms with Gasteiger partial charge in [-0.15, -0.1) is 11.3 Å². The fraction of sp³-hybridized carbons (Fsp3) is 0.125. The van der Waals surface area contributed by atoms with Crippen molar-refractivity contribution >= 4 is 23.1 Å². The predicted octanol–water partition coefficient (Wildman–Crippen LogP) is 0.842. The van der Waals surface area contributed by atoms with Gasteiger partial charge in [-0.3, -0.25) is 4.79 Å². The highest BCUT2D eigenvalue weighted by molar-refractivity contribution is 7.09. The maximum Gasteiger partial charge on any atom is 0.276 e. The zero-order valence-corrected chi connectivity index (χ0v) is 8.45. The maximum absolute atomic E-state index is 11.6. The molecule has 2 aromatic heterocycles. The van der Waals surface area contributed by atoms with E-state index in [1.807, 2.05) is 0 Å². The number of carbonyl (C=O) groups excluding carboxylic acids is 1. The monoisotopic (exact) mass is 224 g/mol. The van der Waals surface area contributed by atoms with Gasteiger partial charge >= 0.3 is 0 Å². The third-order valence-electron chi connectivity index (χ3n) is 1.64. The van der Waals surface area contributed by atoms with E-state index in [2.05, 4.69) is 20.0 Å². The van der Waals surface area contributed by atoms with E-state index in [0.29, 0.717) is 18.1 Å². The highest BCUT2D eigenvalue weighted by atomic mass is 32.1. The molecule has 0 spiro atoms. The summed E-state index contributed by atoms with van der Waals surface area (Å²) in [5.74, 6) is 0.0437. The van der Waals surface area contributed by atoms with Gasteiger partial charge < -0.3 is 15.6 Å². The molecule has 0 aliphatic heterocycles. The number of rotatable bonds is 3. The molecule has 2 aromatic rings. The first-order valence-electron chi connectivity index (χ1n) is 4.16. The van der Waals surface area contributed by atoms with Crippen LogP contribution in [0.5, 0.6) is 0 Å². The molecule has 7 heteroatoms. The van der Waals surface area contributed by atoms with E-state index in [1.54, 1.807) is 11.4 Å². The van der Waals surface area contributed by atoms with Gasteiger partial charge in [-0.05, 0) is 0 Å².